The predicted octanol–water partition coefficient (Wildman–Crippen LogP) is 5.58. The molecular weight excluding hydrogens is 498 g/mol. The normalized spacial score (nSPS) is 25.4. The summed E-state index contributed by atoms with van der Waals surface area (Å²) in [5.74, 6) is -0.00236. The van der Waals surface area contributed by atoms with E-state index in [1.54, 1.807) is 4.90 Å². The second-order valence-corrected chi connectivity index (χ2v) is 11.2. The Labute approximate surface area is 221 Å². The minimum absolute atomic E-state index is 0.0683. The molecule has 38 heavy (non-hydrogen) atoms. The number of aromatic nitrogens is 1. The van der Waals surface area contributed by atoms with Crippen LogP contribution in [0.3, 0.4) is 0 Å². The molecule has 1 aromatic carbocycles. The van der Waals surface area contributed by atoms with Crippen LogP contribution in [0.25, 0.3) is 0 Å². The molecule has 5 rings (SSSR count). The number of nitrogens with zero attached hydrogens (tertiary/aromatic N) is 3. The van der Waals surface area contributed by atoms with Crippen molar-refractivity contribution in [3.8, 4) is 0 Å². The molecule has 2 atom stereocenters. The Morgan fingerprint density at radius 1 is 1.11 bits per heavy atom. The third kappa shape index (κ3) is 5.32. The van der Waals surface area contributed by atoms with Crippen LogP contribution in [-0.2, 0) is 28.7 Å². The van der Waals surface area contributed by atoms with Gasteiger partial charge in [0.15, 0.2) is 0 Å². The van der Waals surface area contributed by atoms with Crippen molar-refractivity contribution in [2.45, 2.75) is 76.2 Å². The van der Waals surface area contributed by atoms with E-state index in [1.807, 2.05) is 26.0 Å². The number of ether oxygens (including phenoxy) is 1. The molecule has 5 nitrogen and oxygen atoms in total. The summed E-state index contributed by atoms with van der Waals surface area (Å²) in [6.07, 6.45) is 0.237. The third-order valence-corrected chi connectivity index (χ3v) is 8.72. The lowest BCUT2D eigenvalue weighted by molar-refractivity contribution is -0.181. The van der Waals surface area contributed by atoms with Crippen LogP contribution in [0.4, 0.5) is 17.6 Å². The summed E-state index contributed by atoms with van der Waals surface area (Å²) >= 11 is 0. The summed E-state index contributed by atoms with van der Waals surface area (Å²) in [5, 5.41) is 0. The van der Waals surface area contributed by atoms with Gasteiger partial charge in [-0.25, -0.2) is 4.39 Å². The molecule has 1 amide bonds. The first-order valence-corrected chi connectivity index (χ1v) is 13.5. The van der Waals surface area contributed by atoms with Crippen LogP contribution in [0.2, 0.25) is 0 Å². The van der Waals surface area contributed by atoms with E-state index >= 15 is 0 Å². The first kappa shape index (κ1) is 27.1. The van der Waals surface area contributed by atoms with E-state index in [1.165, 1.54) is 17.7 Å². The van der Waals surface area contributed by atoms with E-state index in [0.29, 0.717) is 43.2 Å². The lowest BCUT2D eigenvalue weighted by Crippen LogP contribution is -2.60. The van der Waals surface area contributed by atoms with Crippen LogP contribution in [0.15, 0.2) is 36.5 Å². The highest BCUT2D eigenvalue weighted by Gasteiger charge is 2.49. The summed E-state index contributed by atoms with van der Waals surface area (Å²) in [6, 6.07) is 8.14. The van der Waals surface area contributed by atoms with Crippen molar-refractivity contribution in [1.29, 1.82) is 0 Å². The summed E-state index contributed by atoms with van der Waals surface area (Å²) < 4.78 is 59.4. The Balaban J connectivity index is 1.21. The van der Waals surface area contributed by atoms with Crippen LogP contribution in [0, 0.1) is 11.7 Å². The Morgan fingerprint density at radius 2 is 1.82 bits per heavy atom. The van der Waals surface area contributed by atoms with Gasteiger partial charge in [0, 0.05) is 37.4 Å². The molecule has 0 saturated carbocycles. The monoisotopic (exact) mass is 533 g/mol. The van der Waals surface area contributed by atoms with E-state index in [2.05, 4.69) is 9.88 Å². The van der Waals surface area contributed by atoms with Gasteiger partial charge in [-0.1, -0.05) is 26.0 Å². The van der Waals surface area contributed by atoms with Gasteiger partial charge in [0.2, 0.25) is 0 Å². The fourth-order valence-corrected chi connectivity index (χ4v) is 6.30. The molecule has 2 saturated heterocycles. The quantitative estimate of drug-likeness (QED) is 0.482. The van der Waals surface area contributed by atoms with Crippen LogP contribution in [-0.4, -0.2) is 58.6 Å². The highest BCUT2D eigenvalue weighted by molar-refractivity contribution is 5.86. The fraction of sp³-hybridized carbons (Fsp3) is 0.586. The van der Waals surface area contributed by atoms with E-state index in [9.17, 15) is 22.4 Å². The van der Waals surface area contributed by atoms with Gasteiger partial charge in [-0.3, -0.25) is 14.7 Å². The predicted molar refractivity (Wildman–Crippen MR) is 135 cm³/mol. The van der Waals surface area contributed by atoms with E-state index in [0.717, 1.165) is 44.6 Å². The number of amides is 1. The lowest BCUT2D eigenvalue weighted by Gasteiger charge is -2.48. The van der Waals surface area contributed by atoms with Crippen molar-refractivity contribution in [1.82, 2.24) is 14.8 Å². The van der Waals surface area contributed by atoms with E-state index in [-0.39, 0.29) is 30.2 Å². The highest BCUT2D eigenvalue weighted by atomic mass is 19.4. The summed E-state index contributed by atoms with van der Waals surface area (Å²) in [6.45, 7) is 6.80. The van der Waals surface area contributed by atoms with Gasteiger partial charge in [-0.2, -0.15) is 13.2 Å². The molecule has 0 N–H and O–H groups in total. The molecular formula is C29H35F4N3O2. The third-order valence-electron chi connectivity index (χ3n) is 8.72. The molecule has 2 aromatic rings. The first-order chi connectivity index (χ1) is 18.1. The molecule has 0 aliphatic carbocycles. The second kappa shape index (κ2) is 10.6. The maximum absolute atomic E-state index is 13.8. The average molecular weight is 534 g/mol. The second-order valence-electron chi connectivity index (χ2n) is 11.2. The minimum atomic E-state index is -4.47. The number of fused-ring (bicyclic) bond motifs is 1. The fourth-order valence-electron chi connectivity index (χ4n) is 6.30. The number of piperidine rings is 1. The zero-order chi connectivity index (χ0) is 27.1. The van der Waals surface area contributed by atoms with Gasteiger partial charge in [0.1, 0.15) is 11.4 Å². The average Bonchev–Trinajstić information content (AvgIpc) is 2.92. The molecule has 3 aliphatic heterocycles. The van der Waals surface area contributed by atoms with Crippen molar-refractivity contribution < 1.29 is 27.1 Å². The van der Waals surface area contributed by atoms with Crippen LogP contribution < -0.4 is 0 Å². The first-order valence-electron chi connectivity index (χ1n) is 13.5. The Morgan fingerprint density at radius 3 is 2.42 bits per heavy atom. The smallest absolute Gasteiger partial charge is 0.363 e. The molecule has 2 fully saturated rings. The summed E-state index contributed by atoms with van der Waals surface area (Å²) in [7, 11) is 0. The highest BCUT2D eigenvalue weighted by Crippen LogP contribution is 2.39. The molecule has 0 bridgehead atoms. The number of halogens is 4. The van der Waals surface area contributed by atoms with Crippen LogP contribution in [0.5, 0.6) is 0 Å². The van der Waals surface area contributed by atoms with E-state index < -0.39 is 17.3 Å². The van der Waals surface area contributed by atoms with Gasteiger partial charge in [0.05, 0.1) is 12.2 Å². The summed E-state index contributed by atoms with van der Waals surface area (Å²) in [4.78, 5) is 21.9. The number of hydrogen-bond donors (Lipinski definition) is 0. The molecule has 1 aromatic heterocycles. The largest absolute Gasteiger partial charge is 0.417 e. The molecule has 206 valence electrons. The molecule has 4 heterocycles. The van der Waals surface area contributed by atoms with Crippen LogP contribution in [0.1, 0.15) is 67.8 Å². The Hall–Kier alpha value is -2.52. The molecule has 1 unspecified atom stereocenters. The van der Waals surface area contributed by atoms with Gasteiger partial charge in [-0.15, -0.1) is 0 Å². The lowest BCUT2D eigenvalue weighted by atomic mass is 9.80. The number of alkyl halides is 3. The number of carbonyl (C=O) groups is 1. The number of benzene rings is 1. The summed E-state index contributed by atoms with van der Waals surface area (Å²) in [5.41, 5.74) is 0.487. The van der Waals surface area contributed by atoms with Gasteiger partial charge in [-0.05, 0) is 79.9 Å². The van der Waals surface area contributed by atoms with Gasteiger partial charge < -0.3 is 9.64 Å². The van der Waals surface area contributed by atoms with Crippen LogP contribution >= 0.6 is 0 Å². The number of rotatable bonds is 4. The van der Waals surface area contributed by atoms with E-state index in [4.69, 9.17) is 4.74 Å². The van der Waals surface area contributed by atoms with Crippen molar-refractivity contribution >= 4 is 5.91 Å². The van der Waals surface area contributed by atoms with Crippen molar-refractivity contribution in [2.75, 3.05) is 26.2 Å². The molecule has 0 radical (unpaired) electrons. The SMILES string of the molecule is CC(C)C1(C(=O)N2CCc3ncc(C(F)(F)F)cc3C2)CC[C@@H](N2CCC(c3ccc(F)cc3)CC2)CO1. The number of hydrogen-bond acceptors (Lipinski definition) is 4. The molecule has 0 spiro atoms. The number of pyridine rings is 1. The zero-order valence-corrected chi connectivity index (χ0v) is 21.9. The van der Waals surface area contributed by atoms with Crippen molar-refractivity contribution in [3.05, 3.63) is 64.7 Å². The Kier molecular flexibility index (Phi) is 7.52. The van der Waals surface area contributed by atoms with Gasteiger partial charge >= 0.3 is 6.18 Å². The topological polar surface area (TPSA) is 45.7 Å². The standard InChI is InChI=1S/C29H35F4N3O2/c1-19(2)28(27(37)36-14-10-26-22(17-36)15-23(16-34-26)29(31,32)33)11-7-25(18-38-28)35-12-8-21(9-13-35)20-3-5-24(30)6-4-20/h3-6,15-16,19,21,25H,7-14,17-18H2,1-2H3/t25-,28?/m1/s1. The maximum Gasteiger partial charge on any atom is 0.417 e. The molecule has 9 heteroatoms. The van der Waals surface area contributed by atoms with Crippen molar-refractivity contribution in [3.63, 3.8) is 0 Å². The minimum Gasteiger partial charge on any atom is -0.363 e. The number of likely N-dealkylation sites (tertiary alicyclic amines) is 1. The van der Waals surface area contributed by atoms with Gasteiger partial charge in [0.25, 0.3) is 5.91 Å². The zero-order valence-electron chi connectivity index (χ0n) is 21.9. The van der Waals surface area contributed by atoms with Crippen molar-refractivity contribution in [2.24, 2.45) is 5.92 Å². The number of carbonyl (C=O) groups excluding carboxylic acids is 1. The molecule has 3 aliphatic rings. The maximum atomic E-state index is 13.8. The Bertz CT molecular complexity index is 1140.